The van der Waals surface area contributed by atoms with E-state index in [1.54, 1.807) is 17.0 Å². The largest absolute Gasteiger partial charge is 0.479 e. The number of hydrogen-bond acceptors (Lipinski definition) is 5. The fraction of sp³-hybridized carbons (Fsp3) is 0.500. The molecule has 2 aliphatic rings. The number of Topliss-reactive ketones (excluding diaryl/α,β-unsaturated/α-hetero) is 1. The zero-order chi connectivity index (χ0) is 18.8. The smallest absolute Gasteiger partial charge is 0.332 e. The Morgan fingerprint density at radius 2 is 1.77 bits per heavy atom. The quantitative estimate of drug-likeness (QED) is 0.811. The van der Waals surface area contributed by atoms with E-state index in [2.05, 4.69) is 0 Å². The first-order chi connectivity index (χ1) is 12.4. The molecule has 0 unspecified atom stereocenters. The second kappa shape index (κ2) is 7.41. The second-order valence-corrected chi connectivity index (χ2v) is 6.56. The van der Waals surface area contributed by atoms with Crippen LogP contribution in [0.15, 0.2) is 18.2 Å². The number of carbonyl (C=O) groups is 3. The summed E-state index contributed by atoms with van der Waals surface area (Å²) in [6, 6.07) is 4.41. The summed E-state index contributed by atoms with van der Waals surface area (Å²) in [5.41, 5.74) is 0.733. The number of ether oxygens (including phenoxy) is 1. The number of nitrogens with zero attached hydrogens (tertiary/aromatic N) is 2. The van der Waals surface area contributed by atoms with Crippen molar-refractivity contribution in [2.75, 3.05) is 31.1 Å². The first-order valence-corrected chi connectivity index (χ1v) is 8.59. The van der Waals surface area contributed by atoms with Gasteiger partial charge in [0.25, 0.3) is 5.91 Å². The van der Waals surface area contributed by atoms with Crippen LogP contribution in [-0.4, -0.2) is 66.1 Å². The summed E-state index contributed by atoms with van der Waals surface area (Å²) in [6.07, 6.45) is -0.898. The van der Waals surface area contributed by atoms with Crippen molar-refractivity contribution >= 4 is 23.3 Å². The number of anilines is 1. The fourth-order valence-corrected chi connectivity index (χ4v) is 3.35. The van der Waals surface area contributed by atoms with Crippen molar-refractivity contribution in [3.8, 4) is 0 Å². The molecule has 140 valence electrons. The first-order valence-electron chi connectivity index (χ1n) is 8.59. The zero-order valence-electron chi connectivity index (χ0n) is 14.5. The molecule has 0 aliphatic carbocycles. The molecule has 0 saturated carbocycles. The average Bonchev–Trinajstić information content (AvgIpc) is 3.11. The highest BCUT2D eigenvalue weighted by molar-refractivity contribution is 5.94. The van der Waals surface area contributed by atoms with Crippen molar-refractivity contribution in [2.45, 2.75) is 32.0 Å². The molecule has 1 N–H and O–H groups in total. The molecule has 0 radical (unpaired) electrons. The lowest BCUT2D eigenvalue weighted by Crippen LogP contribution is -2.51. The third-order valence-corrected chi connectivity index (χ3v) is 4.86. The zero-order valence-corrected chi connectivity index (χ0v) is 14.5. The van der Waals surface area contributed by atoms with Crippen LogP contribution in [0.4, 0.5) is 10.1 Å². The van der Waals surface area contributed by atoms with Crippen LogP contribution in [0, 0.1) is 5.82 Å². The molecule has 1 aromatic carbocycles. The molecule has 0 bridgehead atoms. The summed E-state index contributed by atoms with van der Waals surface area (Å²) in [5.74, 6) is -1.90. The van der Waals surface area contributed by atoms with E-state index in [0.717, 1.165) is 0 Å². The molecule has 2 atom stereocenters. The molecule has 7 nitrogen and oxygen atoms in total. The summed E-state index contributed by atoms with van der Waals surface area (Å²) in [4.78, 5) is 38.2. The molecular formula is C18H21FN2O5. The lowest BCUT2D eigenvalue weighted by molar-refractivity contribution is -0.154. The Kier molecular flexibility index (Phi) is 5.22. The number of amides is 1. The number of halogens is 1. The Morgan fingerprint density at radius 1 is 1.12 bits per heavy atom. The second-order valence-electron chi connectivity index (χ2n) is 6.56. The Balaban J connectivity index is 1.58. The lowest BCUT2D eigenvalue weighted by Gasteiger charge is -2.37. The van der Waals surface area contributed by atoms with Crippen LogP contribution < -0.4 is 4.90 Å². The molecule has 2 heterocycles. The van der Waals surface area contributed by atoms with E-state index in [1.165, 1.54) is 13.0 Å². The van der Waals surface area contributed by atoms with Gasteiger partial charge in [0.05, 0.1) is 5.69 Å². The van der Waals surface area contributed by atoms with Gasteiger partial charge in [0.1, 0.15) is 11.9 Å². The number of rotatable bonds is 4. The van der Waals surface area contributed by atoms with Gasteiger partial charge >= 0.3 is 5.97 Å². The highest BCUT2D eigenvalue weighted by Crippen LogP contribution is 2.25. The molecular weight excluding hydrogens is 343 g/mol. The van der Waals surface area contributed by atoms with Gasteiger partial charge in [-0.25, -0.2) is 9.18 Å². The average molecular weight is 364 g/mol. The van der Waals surface area contributed by atoms with Gasteiger partial charge in [-0.2, -0.15) is 0 Å². The van der Waals surface area contributed by atoms with Crippen molar-refractivity contribution in [3.05, 3.63) is 29.6 Å². The van der Waals surface area contributed by atoms with E-state index >= 15 is 0 Å². The summed E-state index contributed by atoms with van der Waals surface area (Å²) in [5, 5.41) is 8.95. The van der Waals surface area contributed by atoms with Gasteiger partial charge < -0.3 is 19.6 Å². The van der Waals surface area contributed by atoms with E-state index in [4.69, 9.17) is 9.84 Å². The monoisotopic (exact) mass is 364 g/mol. The molecule has 1 amide bonds. The van der Waals surface area contributed by atoms with Crippen molar-refractivity contribution in [3.63, 3.8) is 0 Å². The molecule has 2 aliphatic heterocycles. The van der Waals surface area contributed by atoms with E-state index < -0.39 is 24.0 Å². The summed E-state index contributed by atoms with van der Waals surface area (Å²) < 4.78 is 19.6. The van der Waals surface area contributed by atoms with Crippen molar-refractivity contribution in [2.24, 2.45) is 0 Å². The molecule has 1 aromatic rings. The van der Waals surface area contributed by atoms with Gasteiger partial charge in [-0.05, 0) is 38.0 Å². The molecule has 26 heavy (non-hydrogen) atoms. The Morgan fingerprint density at radius 3 is 2.31 bits per heavy atom. The summed E-state index contributed by atoms with van der Waals surface area (Å²) in [6.45, 7) is 3.11. The van der Waals surface area contributed by atoms with Gasteiger partial charge in [-0.1, -0.05) is 0 Å². The Labute approximate surface area is 150 Å². The minimum absolute atomic E-state index is 0.193. The first kappa shape index (κ1) is 18.3. The predicted molar refractivity (Wildman–Crippen MR) is 90.7 cm³/mol. The summed E-state index contributed by atoms with van der Waals surface area (Å²) >= 11 is 0. The maximum absolute atomic E-state index is 14.3. The SMILES string of the molecule is CC(=O)c1ccc(N2CCN(C(=O)[C@@H]3CC[C@H](C(=O)O)O3)CC2)c(F)c1. The fourth-order valence-electron chi connectivity index (χ4n) is 3.35. The highest BCUT2D eigenvalue weighted by Gasteiger charge is 2.37. The standard InChI is InChI=1S/C18H21FN2O5/c1-11(22)12-2-3-14(13(19)10-12)20-6-8-21(9-7-20)17(23)15-4-5-16(26-15)18(24)25/h2-3,10,15-16H,4-9H2,1H3,(H,24,25)/t15-,16+/m0/s1. The maximum Gasteiger partial charge on any atom is 0.332 e. The number of carboxylic acid groups (broad SMARTS) is 1. The minimum Gasteiger partial charge on any atom is -0.479 e. The van der Waals surface area contributed by atoms with Gasteiger partial charge in [-0.3, -0.25) is 9.59 Å². The van der Waals surface area contributed by atoms with E-state index in [9.17, 15) is 18.8 Å². The van der Waals surface area contributed by atoms with Crippen LogP contribution in [0.25, 0.3) is 0 Å². The molecule has 0 spiro atoms. The molecule has 3 rings (SSSR count). The van der Waals surface area contributed by atoms with Crippen molar-refractivity contribution in [1.29, 1.82) is 0 Å². The van der Waals surface area contributed by atoms with Crippen LogP contribution in [0.5, 0.6) is 0 Å². The minimum atomic E-state index is -1.05. The highest BCUT2D eigenvalue weighted by atomic mass is 19.1. The summed E-state index contributed by atoms with van der Waals surface area (Å²) in [7, 11) is 0. The Bertz CT molecular complexity index is 730. The van der Waals surface area contributed by atoms with Gasteiger partial charge in [0.2, 0.25) is 0 Å². The van der Waals surface area contributed by atoms with Gasteiger partial charge in [-0.15, -0.1) is 0 Å². The van der Waals surface area contributed by atoms with E-state index in [1.807, 2.05) is 4.90 Å². The molecule has 2 saturated heterocycles. The van der Waals surface area contributed by atoms with Crippen LogP contribution in [0.2, 0.25) is 0 Å². The topological polar surface area (TPSA) is 87.2 Å². The number of carboxylic acids is 1. The van der Waals surface area contributed by atoms with E-state index in [0.29, 0.717) is 50.3 Å². The van der Waals surface area contributed by atoms with E-state index in [-0.39, 0.29) is 11.7 Å². The predicted octanol–water partition coefficient (Wildman–Crippen LogP) is 1.31. The number of hydrogen-bond donors (Lipinski definition) is 1. The van der Waals surface area contributed by atoms with Gasteiger partial charge in [0, 0.05) is 31.7 Å². The number of carbonyl (C=O) groups excluding carboxylic acids is 2. The van der Waals surface area contributed by atoms with Crippen LogP contribution >= 0.6 is 0 Å². The number of aliphatic carboxylic acids is 1. The normalized spacial score (nSPS) is 23.2. The molecule has 0 aromatic heterocycles. The van der Waals surface area contributed by atoms with Crippen LogP contribution in [0.3, 0.4) is 0 Å². The van der Waals surface area contributed by atoms with Crippen LogP contribution in [-0.2, 0) is 14.3 Å². The Hall–Kier alpha value is -2.48. The third kappa shape index (κ3) is 3.70. The number of ketones is 1. The molecule has 8 heteroatoms. The van der Waals surface area contributed by atoms with Gasteiger partial charge in [0.15, 0.2) is 11.9 Å². The van der Waals surface area contributed by atoms with Crippen molar-refractivity contribution in [1.82, 2.24) is 4.90 Å². The van der Waals surface area contributed by atoms with Crippen LogP contribution in [0.1, 0.15) is 30.1 Å². The lowest BCUT2D eigenvalue weighted by atomic mass is 10.1. The number of benzene rings is 1. The molecule has 2 fully saturated rings. The number of piperazine rings is 1. The third-order valence-electron chi connectivity index (χ3n) is 4.86. The van der Waals surface area contributed by atoms with Crippen molar-refractivity contribution < 1.29 is 28.6 Å². The maximum atomic E-state index is 14.3.